The third-order valence-corrected chi connectivity index (χ3v) is 3.53. The Bertz CT molecular complexity index is 521. The summed E-state index contributed by atoms with van der Waals surface area (Å²) in [5.41, 5.74) is 2.53. The summed E-state index contributed by atoms with van der Waals surface area (Å²) in [7, 11) is 0. The Labute approximate surface area is 107 Å². The molecule has 0 amide bonds. The maximum Gasteiger partial charge on any atom is 0.0853 e. The number of hydrogen-bond acceptors (Lipinski definition) is 1. The molecule has 3 rings (SSSR count). The van der Waals surface area contributed by atoms with Gasteiger partial charge in [0.05, 0.1) is 11.0 Å². The lowest BCUT2D eigenvalue weighted by Crippen LogP contribution is -2.45. The van der Waals surface area contributed by atoms with E-state index >= 15 is 0 Å². The fraction of sp³-hybridized carbons (Fsp3) is 0.133. The van der Waals surface area contributed by atoms with Crippen molar-refractivity contribution in [1.82, 2.24) is 0 Å². The van der Waals surface area contributed by atoms with Crippen molar-refractivity contribution in [2.24, 2.45) is 0 Å². The smallest absolute Gasteiger partial charge is 0.0853 e. The van der Waals surface area contributed by atoms with Gasteiger partial charge < -0.3 is 4.90 Å². The molecule has 0 bridgehead atoms. The van der Waals surface area contributed by atoms with Crippen LogP contribution in [0.1, 0.15) is 18.0 Å². The van der Waals surface area contributed by atoms with E-state index in [0.29, 0.717) is 6.04 Å². The van der Waals surface area contributed by atoms with Crippen molar-refractivity contribution >= 4 is 22.9 Å². The first kappa shape index (κ1) is 10.5. The fourth-order valence-electron chi connectivity index (χ4n) is 2.27. The van der Waals surface area contributed by atoms with Crippen LogP contribution in [0, 0.1) is 0 Å². The SMILES string of the molecule is S=C1CC(c2ccccc2)N1c1ccccc1. The molecule has 0 radical (unpaired) electrons. The average Bonchev–Trinajstić information content (AvgIpc) is 2.38. The lowest BCUT2D eigenvalue weighted by Gasteiger charge is -2.43. The van der Waals surface area contributed by atoms with Gasteiger partial charge in [0.15, 0.2) is 0 Å². The van der Waals surface area contributed by atoms with Gasteiger partial charge in [-0.25, -0.2) is 0 Å². The van der Waals surface area contributed by atoms with Gasteiger partial charge in [0.2, 0.25) is 0 Å². The quantitative estimate of drug-likeness (QED) is 0.730. The molecule has 0 saturated carbocycles. The zero-order valence-electron chi connectivity index (χ0n) is 9.41. The van der Waals surface area contributed by atoms with Gasteiger partial charge in [-0.2, -0.15) is 0 Å². The summed E-state index contributed by atoms with van der Waals surface area (Å²) in [5.74, 6) is 0. The first-order chi connectivity index (χ1) is 8.36. The number of hydrogen-bond donors (Lipinski definition) is 0. The molecule has 1 saturated heterocycles. The predicted octanol–water partition coefficient (Wildman–Crippen LogP) is 3.97. The van der Waals surface area contributed by atoms with Gasteiger partial charge in [-0.15, -0.1) is 0 Å². The van der Waals surface area contributed by atoms with E-state index in [0.717, 1.165) is 11.4 Å². The molecule has 0 aliphatic carbocycles. The Balaban J connectivity index is 1.92. The standard InChI is InChI=1S/C15H13NS/c17-15-11-14(12-7-3-1-4-8-12)16(15)13-9-5-2-6-10-13/h1-10,14H,11H2. The summed E-state index contributed by atoms with van der Waals surface area (Å²) in [6.07, 6.45) is 0.980. The van der Waals surface area contributed by atoms with Crippen molar-refractivity contribution in [3.05, 3.63) is 66.2 Å². The Morgan fingerprint density at radius 3 is 2.06 bits per heavy atom. The van der Waals surface area contributed by atoms with Crippen LogP contribution in [-0.2, 0) is 0 Å². The van der Waals surface area contributed by atoms with Crippen LogP contribution in [0.4, 0.5) is 5.69 Å². The maximum absolute atomic E-state index is 5.39. The van der Waals surface area contributed by atoms with Gasteiger partial charge in [0, 0.05) is 12.1 Å². The molecule has 1 unspecified atom stereocenters. The van der Waals surface area contributed by atoms with Crippen LogP contribution in [0.5, 0.6) is 0 Å². The maximum atomic E-state index is 5.39. The molecule has 1 fully saturated rings. The van der Waals surface area contributed by atoms with E-state index in [-0.39, 0.29) is 0 Å². The third kappa shape index (κ3) is 1.85. The van der Waals surface area contributed by atoms with Crippen LogP contribution in [0.3, 0.4) is 0 Å². The minimum Gasteiger partial charge on any atom is -0.328 e. The van der Waals surface area contributed by atoms with Gasteiger partial charge in [-0.3, -0.25) is 0 Å². The second-order valence-electron chi connectivity index (χ2n) is 4.23. The topological polar surface area (TPSA) is 3.24 Å². The summed E-state index contributed by atoms with van der Waals surface area (Å²) in [5, 5.41) is 0. The molecule has 1 atom stereocenters. The highest BCUT2D eigenvalue weighted by atomic mass is 32.1. The molecule has 17 heavy (non-hydrogen) atoms. The predicted molar refractivity (Wildman–Crippen MR) is 75.3 cm³/mol. The fourth-order valence-corrected chi connectivity index (χ4v) is 2.66. The van der Waals surface area contributed by atoms with Crippen molar-refractivity contribution in [3.8, 4) is 0 Å². The number of benzene rings is 2. The van der Waals surface area contributed by atoms with E-state index in [4.69, 9.17) is 12.2 Å². The van der Waals surface area contributed by atoms with Crippen molar-refractivity contribution in [3.63, 3.8) is 0 Å². The summed E-state index contributed by atoms with van der Waals surface area (Å²) < 4.78 is 0. The van der Waals surface area contributed by atoms with Crippen LogP contribution in [0.2, 0.25) is 0 Å². The van der Waals surface area contributed by atoms with Gasteiger partial charge >= 0.3 is 0 Å². The highest BCUT2D eigenvalue weighted by molar-refractivity contribution is 7.80. The van der Waals surface area contributed by atoms with Crippen molar-refractivity contribution in [1.29, 1.82) is 0 Å². The Hall–Kier alpha value is -1.67. The first-order valence-corrected chi connectivity index (χ1v) is 6.19. The normalized spacial score (nSPS) is 18.9. The molecule has 0 spiro atoms. The largest absolute Gasteiger partial charge is 0.328 e. The van der Waals surface area contributed by atoms with Crippen LogP contribution in [0.15, 0.2) is 60.7 Å². The molecule has 1 aliphatic rings. The van der Waals surface area contributed by atoms with E-state index in [1.807, 2.05) is 12.1 Å². The highest BCUT2D eigenvalue weighted by Gasteiger charge is 2.34. The van der Waals surface area contributed by atoms with Crippen molar-refractivity contribution in [2.45, 2.75) is 12.5 Å². The highest BCUT2D eigenvalue weighted by Crippen LogP contribution is 2.39. The van der Waals surface area contributed by atoms with Crippen LogP contribution in [0.25, 0.3) is 0 Å². The van der Waals surface area contributed by atoms with Crippen LogP contribution < -0.4 is 4.90 Å². The molecular formula is C15H13NS. The zero-order chi connectivity index (χ0) is 11.7. The second kappa shape index (κ2) is 4.30. The molecule has 2 aromatic carbocycles. The molecular weight excluding hydrogens is 226 g/mol. The summed E-state index contributed by atoms with van der Waals surface area (Å²) in [6.45, 7) is 0. The monoisotopic (exact) mass is 239 g/mol. The molecule has 1 aliphatic heterocycles. The van der Waals surface area contributed by atoms with Gasteiger partial charge in [0.25, 0.3) is 0 Å². The van der Waals surface area contributed by atoms with E-state index in [9.17, 15) is 0 Å². The third-order valence-electron chi connectivity index (χ3n) is 3.17. The summed E-state index contributed by atoms with van der Waals surface area (Å²) in [6, 6.07) is 21.3. The summed E-state index contributed by atoms with van der Waals surface area (Å²) >= 11 is 5.39. The van der Waals surface area contributed by atoms with Gasteiger partial charge in [-0.05, 0) is 17.7 Å². The minimum absolute atomic E-state index is 0.408. The Morgan fingerprint density at radius 1 is 0.882 bits per heavy atom. The second-order valence-corrected chi connectivity index (χ2v) is 4.70. The molecule has 0 aromatic heterocycles. The Morgan fingerprint density at radius 2 is 1.47 bits per heavy atom. The number of rotatable bonds is 2. The minimum atomic E-state index is 0.408. The van der Waals surface area contributed by atoms with Crippen molar-refractivity contribution < 1.29 is 0 Å². The number of nitrogens with zero attached hydrogens (tertiary/aromatic N) is 1. The average molecular weight is 239 g/mol. The van der Waals surface area contributed by atoms with Crippen LogP contribution >= 0.6 is 12.2 Å². The lowest BCUT2D eigenvalue weighted by molar-refractivity contribution is 0.666. The number of anilines is 1. The van der Waals surface area contributed by atoms with E-state index in [2.05, 4.69) is 53.4 Å². The van der Waals surface area contributed by atoms with E-state index < -0.39 is 0 Å². The first-order valence-electron chi connectivity index (χ1n) is 5.78. The molecule has 0 N–H and O–H groups in total. The van der Waals surface area contributed by atoms with Crippen molar-refractivity contribution in [2.75, 3.05) is 4.90 Å². The van der Waals surface area contributed by atoms with E-state index in [1.165, 1.54) is 11.3 Å². The number of thiocarbonyl (C=S) groups is 1. The number of para-hydroxylation sites is 1. The van der Waals surface area contributed by atoms with E-state index in [1.54, 1.807) is 0 Å². The van der Waals surface area contributed by atoms with Gasteiger partial charge in [-0.1, -0.05) is 60.7 Å². The lowest BCUT2D eigenvalue weighted by atomic mass is 9.94. The molecule has 2 heteroatoms. The molecule has 2 aromatic rings. The zero-order valence-corrected chi connectivity index (χ0v) is 10.2. The molecule has 1 heterocycles. The molecule has 84 valence electrons. The molecule has 1 nitrogen and oxygen atoms in total. The summed E-state index contributed by atoms with van der Waals surface area (Å²) in [4.78, 5) is 3.27. The Kier molecular flexibility index (Phi) is 2.65. The van der Waals surface area contributed by atoms with Gasteiger partial charge in [0.1, 0.15) is 0 Å². The van der Waals surface area contributed by atoms with Crippen LogP contribution in [-0.4, -0.2) is 4.99 Å².